The molecule has 1 atom stereocenters. The largest absolute Gasteiger partial charge is 0.465 e. The van der Waals surface area contributed by atoms with Crippen LogP contribution in [0.25, 0.3) is 0 Å². The van der Waals surface area contributed by atoms with E-state index in [0.717, 1.165) is 0 Å². The van der Waals surface area contributed by atoms with Crippen LogP contribution in [0.5, 0.6) is 0 Å². The lowest BCUT2D eigenvalue weighted by molar-refractivity contribution is 0.0600. The first-order chi connectivity index (χ1) is 7.06. The molecule has 0 bridgehead atoms. The molecule has 15 heavy (non-hydrogen) atoms. The zero-order chi connectivity index (χ0) is 11.4. The maximum Gasteiger partial charge on any atom is 0.337 e. The van der Waals surface area contributed by atoms with E-state index < -0.39 is 17.9 Å². The third-order valence-electron chi connectivity index (χ3n) is 1.95. The molecule has 0 spiro atoms. The number of esters is 1. The second kappa shape index (κ2) is 4.70. The molecule has 0 radical (unpaired) electrons. The molecule has 0 fully saturated rings. The molecule has 80 valence electrons. The van der Waals surface area contributed by atoms with E-state index in [-0.39, 0.29) is 0 Å². The van der Waals surface area contributed by atoms with Crippen LogP contribution in [-0.4, -0.2) is 30.1 Å². The van der Waals surface area contributed by atoms with Crippen molar-refractivity contribution < 1.29 is 19.4 Å². The van der Waals surface area contributed by atoms with Crippen LogP contribution in [-0.2, 0) is 4.74 Å². The lowest BCUT2D eigenvalue weighted by Gasteiger charge is -2.05. The highest BCUT2D eigenvalue weighted by molar-refractivity contribution is 6.01. The highest BCUT2D eigenvalue weighted by Crippen LogP contribution is 2.09. The van der Waals surface area contributed by atoms with Gasteiger partial charge < -0.3 is 9.84 Å². The second-order valence-electron chi connectivity index (χ2n) is 3.11. The Morgan fingerprint density at radius 2 is 1.93 bits per heavy atom. The number of ketones is 1. The lowest BCUT2D eigenvalue weighted by atomic mass is 10.0. The van der Waals surface area contributed by atoms with Gasteiger partial charge in [-0.05, 0) is 19.1 Å². The maximum absolute atomic E-state index is 11.4. The van der Waals surface area contributed by atoms with E-state index in [4.69, 9.17) is 5.11 Å². The molecule has 1 rings (SSSR count). The Bertz CT molecular complexity index is 382. The molecule has 0 aliphatic carbocycles. The molecular formula is C11H12O4. The standard InChI is InChI=1S/C11H12O4/c1-7(12)10(13)8-4-3-5-9(6-8)11(14)15-2/h3-7,12H,1-2H3. The summed E-state index contributed by atoms with van der Waals surface area (Å²) in [5, 5.41) is 9.10. The van der Waals surface area contributed by atoms with Crippen molar-refractivity contribution in [2.75, 3.05) is 7.11 Å². The monoisotopic (exact) mass is 208 g/mol. The summed E-state index contributed by atoms with van der Waals surface area (Å²) in [4.78, 5) is 22.6. The van der Waals surface area contributed by atoms with Gasteiger partial charge in [0.1, 0.15) is 6.10 Å². The van der Waals surface area contributed by atoms with Crippen LogP contribution in [0.4, 0.5) is 0 Å². The van der Waals surface area contributed by atoms with Crippen LogP contribution in [0, 0.1) is 0 Å². The summed E-state index contributed by atoms with van der Waals surface area (Å²) < 4.78 is 4.52. The summed E-state index contributed by atoms with van der Waals surface area (Å²) >= 11 is 0. The third-order valence-corrected chi connectivity index (χ3v) is 1.95. The normalized spacial score (nSPS) is 11.9. The average molecular weight is 208 g/mol. The number of benzene rings is 1. The fourth-order valence-corrected chi connectivity index (χ4v) is 1.16. The SMILES string of the molecule is COC(=O)c1cccc(C(=O)C(C)O)c1. The molecule has 0 aliphatic rings. The van der Waals surface area contributed by atoms with Crippen LogP contribution in [0.15, 0.2) is 24.3 Å². The minimum absolute atomic E-state index is 0.295. The third kappa shape index (κ3) is 2.63. The Hall–Kier alpha value is -1.68. The molecule has 4 nitrogen and oxygen atoms in total. The van der Waals surface area contributed by atoms with Crippen molar-refractivity contribution in [1.82, 2.24) is 0 Å². The van der Waals surface area contributed by atoms with Crippen molar-refractivity contribution in [3.05, 3.63) is 35.4 Å². The molecule has 1 N–H and O–H groups in total. The second-order valence-corrected chi connectivity index (χ2v) is 3.11. The number of aliphatic hydroxyl groups excluding tert-OH is 1. The van der Waals surface area contributed by atoms with Gasteiger partial charge in [0.25, 0.3) is 0 Å². The zero-order valence-corrected chi connectivity index (χ0v) is 8.56. The van der Waals surface area contributed by atoms with Gasteiger partial charge in [0, 0.05) is 5.56 Å². The predicted octanol–water partition coefficient (Wildman–Crippen LogP) is 1.04. The van der Waals surface area contributed by atoms with E-state index in [1.165, 1.54) is 20.1 Å². The molecule has 0 saturated carbocycles. The van der Waals surface area contributed by atoms with Crippen LogP contribution in [0.3, 0.4) is 0 Å². The molecule has 0 amide bonds. The molecule has 4 heteroatoms. The maximum atomic E-state index is 11.4. The van der Waals surface area contributed by atoms with E-state index >= 15 is 0 Å². The fourth-order valence-electron chi connectivity index (χ4n) is 1.16. The molecule has 0 aliphatic heterocycles. The zero-order valence-electron chi connectivity index (χ0n) is 8.56. The Morgan fingerprint density at radius 3 is 2.47 bits per heavy atom. The summed E-state index contributed by atoms with van der Waals surface area (Å²) in [7, 11) is 1.27. The number of hydrogen-bond donors (Lipinski definition) is 1. The molecule has 0 saturated heterocycles. The number of carbonyl (C=O) groups is 2. The number of hydrogen-bond acceptors (Lipinski definition) is 4. The first-order valence-corrected chi connectivity index (χ1v) is 4.47. The van der Waals surface area contributed by atoms with Gasteiger partial charge >= 0.3 is 5.97 Å². The lowest BCUT2D eigenvalue weighted by Crippen LogP contribution is -2.16. The van der Waals surface area contributed by atoms with Gasteiger partial charge in [0.05, 0.1) is 12.7 Å². The van der Waals surface area contributed by atoms with Crippen molar-refractivity contribution in [2.45, 2.75) is 13.0 Å². The van der Waals surface area contributed by atoms with Gasteiger partial charge in [0.15, 0.2) is 5.78 Å². The summed E-state index contributed by atoms with van der Waals surface area (Å²) in [5.41, 5.74) is 0.594. The number of ether oxygens (including phenoxy) is 1. The highest BCUT2D eigenvalue weighted by atomic mass is 16.5. The van der Waals surface area contributed by atoms with Crippen LogP contribution in [0.1, 0.15) is 27.6 Å². The number of carbonyl (C=O) groups excluding carboxylic acids is 2. The van der Waals surface area contributed by atoms with Gasteiger partial charge in [-0.2, -0.15) is 0 Å². The summed E-state index contributed by atoms with van der Waals surface area (Å²) in [6.07, 6.45) is -1.07. The smallest absolute Gasteiger partial charge is 0.337 e. The van der Waals surface area contributed by atoms with Crippen LogP contribution in [0.2, 0.25) is 0 Å². The quantitative estimate of drug-likeness (QED) is 0.595. The average Bonchev–Trinajstić information content (AvgIpc) is 2.27. The van der Waals surface area contributed by atoms with Crippen molar-refractivity contribution in [1.29, 1.82) is 0 Å². The van der Waals surface area contributed by atoms with Crippen LogP contribution >= 0.6 is 0 Å². The number of Topliss-reactive ketones (excluding diaryl/α,β-unsaturated/α-hetero) is 1. The topological polar surface area (TPSA) is 63.6 Å². The number of methoxy groups -OCH3 is 1. The molecule has 1 unspecified atom stereocenters. The van der Waals surface area contributed by atoms with Crippen LogP contribution < -0.4 is 0 Å². The number of aliphatic hydroxyl groups is 1. The van der Waals surface area contributed by atoms with Gasteiger partial charge in [-0.15, -0.1) is 0 Å². The number of rotatable bonds is 3. The van der Waals surface area contributed by atoms with Gasteiger partial charge in [-0.3, -0.25) is 4.79 Å². The Morgan fingerprint density at radius 1 is 1.33 bits per heavy atom. The predicted molar refractivity (Wildman–Crippen MR) is 53.8 cm³/mol. The first kappa shape index (κ1) is 11.4. The summed E-state index contributed by atoms with van der Waals surface area (Å²) in [6, 6.07) is 6.06. The van der Waals surface area contributed by atoms with Gasteiger partial charge in [-0.25, -0.2) is 4.79 Å². The van der Waals surface area contributed by atoms with Crippen molar-refractivity contribution in [3.63, 3.8) is 0 Å². The minimum Gasteiger partial charge on any atom is -0.465 e. The molecular weight excluding hydrogens is 196 g/mol. The van der Waals surface area contributed by atoms with E-state index in [1.54, 1.807) is 18.2 Å². The van der Waals surface area contributed by atoms with Gasteiger partial charge in [-0.1, -0.05) is 12.1 Å². The minimum atomic E-state index is -1.07. The highest BCUT2D eigenvalue weighted by Gasteiger charge is 2.14. The van der Waals surface area contributed by atoms with E-state index in [0.29, 0.717) is 11.1 Å². The van der Waals surface area contributed by atoms with Crippen molar-refractivity contribution >= 4 is 11.8 Å². The van der Waals surface area contributed by atoms with E-state index in [9.17, 15) is 9.59 Å². The van der Waals surface area contributed by atoms with E-state index in [1.807, 2.05) is 0 Å². The molecule has 1 aromatic carbocycles. The first-order valence-electron chi connectivity index (χ1n) is 4.47. The van der Waals surface area contributed by atoms with Crippen molar-refractivity contribution in [3.8, 4) is 0 Å². The molecule has 0 heterocycles. The van der Waals surface area contributed by atoms with Gasteiger partial charge in [0.2, 0.25) is 0 Å². The Balaban J connectivity index is 3.02. The summed E-state index contributed by atoms with van der Waals surface area (Å²) in [6.45, 7) is 1.38. The van der Waals surface area contributed by atoms with Crippen molar-refractivity contribution in [2.24, 2.45) is 0 Å². The van der Waals surface area contributed by atoms with E-state index in [2.05, 4.69) is 4.74 Å². The summed E-state index contributed by atoms with van der Waals surface area (Å²) in [5.74, 6) is -0.920. The molecule has 0 aromatic heterocycles. The fraction of sp³-hybridized carbons (Fsp3) is 0.273. The Kier molecular flexibility index (Phi) is 3.57. The Labute approximate surface area is 87.5 Å². The molecule has 1 aromatic rings.